The van der Waals surface area contributed by atoms with Crippen molar-refractivity contribution in [3.8, 4) is 0 Å². The van der Waals surface area contributed by atoms with Gasteiger partial charge >= 0.3 is 0 Å². The van der Waals surface area contributed by atoms with E-state index < -0.39 is 0 Å². The number of halogens is 1. The second-order valence-electron chi connectivity index (χ2n) is 5.89. The molecule has 0 saturated heterocycles. The van der Waals surface area contributed by atoms with Gasteiger partial charge < -0.3 is 5.11 Å². The molecule has 0 fully saturated rings. The van der Waals surface area contributed by atoms with Gasteiger partial charge in [0.25, 0.3) is 0 Å². The van der Waals surface area contributed by atoms with Gasteiger partial charge in [0, 0.05) is 5.02 Å². The number of hydrogen-bond acceptors (Lipinski definition) is 1. The van der Waals surface area contributed by atoms with Gasteiger partial charge in [-0.15, -0.1) is 0 Å². The molecule has 0 amide bonds. The first kappa shape index (κ1) is 13.1. The molecule has 3 aromatic rings. The predicted molar refractivity (Wildman–Crippen MR) is 89.0 cm³/mol. The molecule has 0 atom stereocenters. The summed E-state index contributed by atoms with van der Waals surface area (Å²) in [6, 6.07) is 12.7. The van der Waals surface area contributed by atoms with E-state index in [1.165, 1.54) is 47.6 Å². The molecule has 0 aromatic heterocycles. The van der Waals surface area contributed by atoms with Crippen molar-refractivity contribution in [2.24, 2.45) is 0 Å². The van der Waals surface area contributed by atoms with Gasteiger partial charge in [0.2, 0.25) is 0 Å². The summed E-state index contributed by atoms with van der Waals surface area (Å²) < 4.78 is 0. The Bertz CT molecular complexity index is 851. The molecule has 0 radical (unpaired) electrons. The van der Waals surface area contributed by atoms with Gasteiger partial charge in [-0.3, -0.25) is 0 Å². The SMILES string of the molecule is OCc1cc(Cl)cc2ccc3c4c(ccc3c12)CCCC4. The number of aliphatic hydroxyl groups is 1. The molecule has 2 heteroatoms. The lowest BCUT2D eigenvalue weighted by atomic mass is 9.86. The third-order valence-electron chi connectivity index (χ3n) is 4.66. The third kappa shape index (κ3) is 2.04. The first-order chi connectivity index (χ1) is 10.3. The van der Waals surface area contributed by atoms with Crippen molar-refractivity contribution in [1.29, 1.82) is 0 Å². The van der Waals surface area contributed by atoms with Crippen LogP contribution in [-0.2, 0) is 19.4 Å². The minimum absolute atomic E-state index is 0.0211. The molecule has 0 spiro atoms. The van der Waals surface area contributed by atoms with Gasteiger partial charge in [-0.05, 0) is 76.1 Å². The average Bonchev–Trinajstić information content (AvgIpc) is 2.53. The Hall–Kier alpha value is -1.57. The molecule has 0 unspecified atom stereocenters. The minimum atomic E-state index is 0.0211. The van der Waals surface area contributed by atoms with Crippen LogP contribution in [-0.4, -0.2) is 5.11 Å². The Morgan fingerprint density at radius 3 is 2.62 bits per heavy atom. The molecule has 21 heavy (non-hydrogen) atoms. The zero-order chi connectivity index (χ0) is 14.4. The van der Waals surface area contributed by atoms with Crippen LogP contribution in [0.25, 0.3) is 21.5 Å². The zero-order valence-corrected chi connectivity index (χ0v) is 12.6. The van der Waals surface area contributed by atoms with Crippen molar-refractivity contribution in [1.82, 2.24) is 0 Å². The number of rotatable bonds is 1. The molecule has 0 saturated carbocycles. The molecular weight excluding hydrogens is 280 g/mol. The summed E-state index contributed by atoms with van der Waals surface area (Å²) in [5, 5.41) is 15.2. The zero-order valence-electron chi connectivity index (χ0n) is 11.8. The molecule has 0 heterocycles. The topological polar surface area (TPSA) is 20.2 Å². The summed E-state index contributed by atoms with van der Waals surface area (Å²) in [5.74, 6) is 0. The van der Waals surface area contributed by atoms with E-state index in [1.54, 1.807) is 0 Å². The third-order valence-corrected chi connectivity index (χ3v) is 4.88. The van der Waals surface area contributed by atoms with Crippen LogP contribution in [0.15, 0.2) is 36.4 Å². The molecular formula is C19H17ClO. The summed E-state index contributed by atoms with van der Waals surface area (Å²) >= 11 is 6.16. The lowest BCUT2D eigenvalue weighted by Crippen LogP contribution is -2.03. The molecule has 1 N–H and O–H groups in total. The van der Waals surface area contributed by atoms with Crippen LogP contribution in [0, 0.1) is 0 Å². The van der Waals surface area contributed by atoms with Gasteiger partial charge in [-0.25, -0.2) is 0 Å². The summed E-state index contributed by atoms with van der Waals surface area (Å²) in [7, 11) is 0. The fourth-order valence-electron chi connectivity index (χ4n) is 3.71. The Labute approximate surface area is 129 Å². The van der Waals surface area contributed by atoms with E-state index in [0.29, 0.717) is 5.02 Å². The monoisotopic (exact) mass is 296 g/mol. The Kier molecular flexibility index (Phi) is 3.13. The van der Waals surface area contributed by atoms with Gasteiger partial charge in [-0.1, -0.05) is 35.9 Å². The number of aryl methyl sites for hydroxylation is 2. The predicted octanol–water partition coefficient (Wildman–Crippen LogP) is 5.02. The van der Waals surface area contributed by atoms with Gasteiger partial charge in [0.1, 0.15) is 0 Å². The lowest BCUT2D eigenvalue weighted by Gasteiger charge is -2.19. The second-order valence-corrected chi connectivity index (χ2v) is 6.33. The van der Waals surface area contributed by atoms with E-state index in [1.807, 2.05) is 12.1 Å². The van der Waals surface area contributed by atoms with Gasteiger partial charge in [0.05, 0.1) is 6.61 Å². The minimum Gasteiger partial charge on any atom is -0.392 e. The van der Waals surface area contributed by atoms with Gasteiger partial charge in [-0.2, -0.15) is 0 Å². The number of hydrogen-bond donors (Lipinski definition) is 1. The van der Waals surface area contributed by atoms with E-state index in [-0.39, 0.29) is 6.61 Å². The Balaban J connectivity index is 2.14. The van der Waals surface area contributed by atoms with Crippen LogP contribution in [0.1, 0.15) is 29.5 Å². The summed E-state index contributed by atoms with van der Waals surface area (Å²) in [6.45, 7) is 0.0211. The van der Waals surface area contributed by atoms with Crippen molar-refractivity contribution in [2.75, 3.05) is 0 Å². The lowest BCUT2D eigenvalue weighted by molar-refractivity contribution is 0.283. The van der Waals surface area contributed by atoms with Crippen LogP contribution < -0.4 is 0 Å². The number of benzene rings is 3. The van der Waals surface area contributed by atoms with Crippen LogP contribution in [0.2, 0.25) is 5.02 Å². The summed E-state index contributed by atoms with van der Waals surface area (Å²) in [5.41, 5.74) is 3.91. The van der Waals surface area contributed by atoms with Crippen molar-refractivity contribution >= 4 is 33.1 Å². The molecule has 1 nitrogen and oxygen atoms in total. The molecule has 1 aliphatic carbocycles. The first-order valence-electron chi connectivity index (χ1n) is 7.54. The maximum atomic E-state index is 9.70. The Morgan fingerprint density at radius 2 is 1.76 bits per heavy atom. The van der Waals surface area contributed by atoms with Gasteiger partial charge in [0.15, 0.2) is 0 Å². The van der Waals surface area contributed by atoms with Crippen molar-refractivity contribution < 1.29 is 5.11 Å². The van der Waals surface area contributed by atoms with E-state index in [9.17, 15) is 5.11 Å². The van der Waals surface area contributed by atoms with Crippen LogP contribution in [0.4, 0.5) is 0 Å². The highest BCUT2D eigenvalue weighted by Crippen LogP contribution is 2.35. The molecule has 4 rings (SSSR count). The van der Waals surface area contributed by atoms with Crippen molar-refractivity contribution in [2.45, 2.75) is 32.3 Å². The highest BCUT2D eigenvalue weighted by atomic mass is 35.5. The normalized spacial score (nSPS) is 14.6. The standard InChI is InChI=1S/C19H17ClO/c20-15-9-13-6-7-17-16-4-2-1-3-12(16)5-8-18(17)19(13)14(10-15)11-21/h5-10,21H,1-4,11H2. The van der Waals surface area contributed by atoms with E-state index in [2.05, 4.69) is 24.3 Å². The Morgan fingerprint density at radius 1 is 0.952 bits per heavy atom. The molecule has 106 valence electrons. The van der Waals surface area contributed by atoms with Crippen molar-refractivity contribution in [3.63, 3.8) is 0 Å². The second kappa shape index (κ2) is 5.01. The average molecular weight is 297 g/mol. The molecule has 1 aliphatic rings. The highest BCUT2D eigenvalue weighted by Gasteiger charge is 2.15. The largest absolute Gasteiger partial charge is 0.392 e. The summed E-state index contributed by atoms with van der Waals surface area (Å²) in [6.07, 6.45) is 4.93. The quantitative estimate of drug-likeness (QED) is 0.625. The van der Waals surface area contributed by atoms with E-state index in [0.717, 1.165) is 16.3 Å². The number of fused-ring (bicyclic) bond motifs is 5. The smallest absolute Gasteiger partial charge is 0.0688 e. The van der Waals surface area contributed by atoms with Crippen LogP contribution >= 0.6 is 11.6 Å². The maximum Gasteiger partial charge on any atom is 0.0688 e. The molecule has 0 aliphatic heterocycles. The maximum absolute atomic E-state index is 9.70. The highest BCUT2D eigenvalue weighted by molar-refractivity contribution is 6.32. The fraction of sp³-hybridized carbons (Fsp3) is 0.263. The molecule has 0 bridgehead atoms. The van der Waals surface area contributed by atoms with E-state index >= 15 is 0 Å². The first-order valence-corrected chi connectivity index (χ1v) is 7.92. The number of aliphatic hydroxyl groups excluding tert-OH is 1. The summed E-state index contributed by atoms with van der Waals surface area (Å²) in [4.78, 5) is 0. The van der Waals surface area contributed by atoms with Crippen molar-refractivity contribution in [3.05, 3.63) is 58.1 Å². The fourth-order valence-corrected chi connectivity index (χ4v) is 3.96. The molecule has 3 aromatic carbocycles. The van der Waals surface area contributed by atoms with E-state index in [4.69, 9.17) is 11.6 Å². The van der Waals surface area contributed by atoms with Crippen LogP contribution in [0.5, 0.6) is 0 Å². The van der Waals surface area contributed by atoms with Crippen LogP contribution in [0.3, 0.4) is 0 Å².